The van der Waals surface area contributed by atoms with Gasteiger partial charge in [0.15, 0.2) is 11.6 Å². The van der Waals surface area contributed by atoms with Gasteiger partial charge >= 0.3 is 0 Å². The molecule has 280 valence electrons. The molecule has 8 rings (SSSR count). The number of carbonyl (C=O) groups excluding carboxylic acids is 2. The Kier molecular flexibility index (Phi) is 9.56. The van der Waals surface area contributed by atoms with Crippen LogP contribution in [0.3, 0.4) is 0 Å². The number of halogens is 2. The average Bonchev–Trinajstić information content (AvgIpc) is 3.58. The van der Waals surface area contributed by atoms with Crippen molar-refractivity contribution >= 4 is 34.1 Å². The van der Waals surface area contributed by atoms with Crippen LogP contribution in [0.2, 0.25) is 0 Å². The number of rotatable bonds is 7. The number of hydrogen-bond acceptors (Lipinski definition) is 9. The van der Waals surface area contributed by atoms with Crippen molar-refractivity contribution in [2.45, 2.75) is 94.7 Å². The summed E-state index contributed by atoms with van der Waals surface area (Å²) < 4.78 is 37.4. The van der Waals surface area contributed by atoms with Gasteiger partial charge in [-0.2, -0.15) is 5.26 Å². The van der Waals surface area contributed by atoms with E-state index in [2.05, 4.69) is 20.5 Å². The van der Waals surface area contributed by atoms with Gasteiger partial charge in [0.25, 0.3) is 5.56 Å². The fraction of sp³-hybridized carbons (Fsp3) is 0.439. The fourth-order valence-electron chi connectivity index (χ4n) is 9.31. The first-order chi connectivity index (χ1) is 26.1. The maximum Gasteiger partial charge on any atom is 0.261 e. The van der Waals surface area contributed by atoms with E-state index in [-0.39, 0.29) is 69.7 Å². The van der Waals surface area contributed by atoms with E-state index in [0.29, 0.717) is 29.1 Å². The van der Waals surface area contributed by atoms with Crippen LogP contribution in [-0.2, 0) is 9.59 Å². The lowest BCUT2D eigenvalue weighted by Crippen LogP contribution is -2.47. The Morgan fingerprint density at radius 3 is 2.46 bits per heavy atom. The molecule has 2 saturated carbocycles. The number of benzene rings is 3. The second kappa shape index (κ2) is 14.5. The molecule has 1 unspecified atom stereocenters. The Hall–Kier alpha value is -5.35. The maximum absolute atomic E-state index is 15.3. The topological polar surface area (TPSA) is 155 Å². The molecule has 2 aliphatic carbocycles. The number of imide groups is 1. The van der Waals surface area contributed by atoms with Crippen molar-refractivity contribution in [2.75, 3.05) is 24.1 Å². The number of anilines is 2. The van der Waals surface area contributed by atoms with Crippen LogP contribution in [0.15, 0.2) is 59.7 Å². The molecule has 54 heavy (non-hydrogen) atoms. The highest BCUT2D eigenvalue weighted by molar-refractivity contribution is 6.01. The molecule has 4 N–H and O–H groups in total. The summed E-state index contributed by atoms with van der Waals surface area (Å²) >= 11 is 0. The summed E-state index contributed by atoms with van der Waals surface area (Å²) in [6.45, 7) is 2.02. The van der Waals surface area contributed by atoms with E-state index in [1.807, 2.05) is 18.2 Å². The number of nitrogens with one attached hydrogen (secondary N) is 2. The van der Waals surface area contributed by atoms with Crippen molar-refractivity contribution in [3.05, 3.63) is 88.0 Å². The summed E-state index contributed by atoms with van der Waals surface area (Å²) in [6, 6.07) is 14.2. The first kappa shape index (κ1) is 35.7. The molecular formula is C41H43F2N7O4. The highest BCUT2D eigenvalue weighted by Crippen LogP contribution is 2.51. The van der Waals surface area contributed by atoms with Gasteiger partial charge in [-0.05, 0) is 137 Å². The molecular weight excluding hydrogens is 692 g/mol. The smallest absolute Gasteiger partial charge is 0.261 e. The van der Waals surface area contributed by atoms with E-state index in [4.69, 9.17) is 10.5 Å². The van der Waals surface area contributed by atoms with Crippen LogP contribution in [-0.4, -0.2) is 51.4 Å². The minimum absolute atomic E-state index is 0.0260. The second-order valence-electron chi connectivity index (χ2n) is 15.5. The Labute approximate surface area is 311 Å². The van der Waals surface area contributed by atoms with E-state index in [1.54, 1.807) is 29.1 Å². The SMILES string of the molecule is N#Cc1c(N)ccc(F)c1Oc1ccc2ncn([C@H]3CCC4(CCN(C5CCC(c6ccc(NC7CCC(=O)NC7=O)cc6F)CC5)CC4)C3)c(=O)c2c1. The van der Waals surface area contributed by atoms with Gasteiger partial charge < -0.3 is 20.7 Å². The third-order valence-corrected chi connectivity index (χ3v) is 12.4. The number of carbonyl (C=O) groups is 2. The zero-order chi connectivity index (χ0) is 37.6. The molecule has 0 radical (unpaired) electrons. The average molecular weight is 736 g/mol. The van der Waals surface area contributed by atoms with Gasteiger partial charge in [0.05, 0.1) is 22.9 Å². The summed E-state index contributed by atoms with van der Waals surface area (Å²) in [5, 5.41) is 15.3. The maximum atomic E-state index is 15.3. The molecule has 3 aromatic carbocycles. The van der Waals surface area contributed by atoms with Crippen LogP contribution >= 0.6 is 0 Å². The number of aromatic nitrogens is 2. The Morgan fingerprint density at radius 1 is 0.926 bits per heavy atom. The third-order valence-electron chi connectivity index (χ3n) is 12.4. The van der Waals surface area contributed by atoms with Crippen LogP contribution in [0.1, 0.15) is 93.7 Å². The van der Waals surface area contributed by atoms with Crippen molar-refractivity contribution in [3.63, 3.8) is 0 Å². The third kappa shape index (κ3) is 6.91. The Balaban J connectivity index is 0.864. The van der Waals surface area contributed by atoms with Crippen LogP contribution < -0.4 is 26.7 Å². The van der Waals surface area contributed by atoms with Crippen molar-refractivity contribution in [1.82, 2.24) is 19.8 Å². The van der Waals surface area contributed by atoms with E-state index in [0.717, 1.165) is 82.5 Å². The number of likely N-dealkylation sites (tertiary alicyclic amines) is 1. The number of ether oxygens (including phenoxy) is 1. The Bertz CT molecular complexity index is 2220. The number of fused-ring (bicyclic) bond motifs is 1. The number of nitrogens with zero attached hydrogens (tertiary/aromatic N) is 4. The summed E-state index contributed by atoms with van der Waals surface area (Å²) in [5.74, 6) is -1.55. The van der Waals surface area contributed by atoms with Gasteiger partial charge in [-0.3, -0.25) is 24.3 Å². The quantitative estimate of drug-likeness (QED) is 0.139. The standard InChI is InChI=1S/C41H43F2N7O4/c42-32-8-9-34(45)31(22-44)38(32)54-28-6-10-35-30(20-28)40(53)50(23-46-35)27-13-14-41(21-27)15-17-49(18-16-41)26-4-1-24(2-5-26)29-7-3-25(19-33(29)43)47-36-11-12-37(51)48-39(36)52/h3,6-10,19-20,23-24,26-27,36,47H,1-2,4-5,11-18,21,45H2,(H,48,51,52)/t24?,26?,27-,36?/m0/s1. The summed E-state index contributed by atoms with van der Waals surface area (Å²) in [4.78, 5) is 44.6. The lowest BCUT2D eigenvalue weighted by molar-refractivity contribution is -0.133. The van der Waals surface area contributed by atoms with Gasteiger partial charge in [-0.25, -0.2) is 13.8 Å². The number of nitrogens with two attached hydrogens (primary N) is 1. The molecule has 1 aromatic heterocycles. The molecule has 4 aliphatic rings. The van der Waals surface area contributed by atoms with Gasteiger partial charge in [-0.1, -0.05) is 6.07 Å². The van der Waals surface area contributed by atoms with E-state index in [9.17, 15) is 24.0 Å². The van der Waals surface area contributed by atoms with Crippen LogP contribution in [0.25, 0.3) is 10.9 Å². The normalized spacial score (nSPS) is 24.3. The number of piperidine rings is 2. The van der Waals surface area contributed by atoms with Crippen LogP contribution in [0, 0.1) is 28.4 Å². The first-order valence-corrected chi connectivity index (χ1v) is 18.9. The van der Waals surface area contributed by atoms with Crippen LogP contribution in [0.4, 0.5) is 20.2 Å². The predicted molar refractivity (Wildman–Crippen MR) is 199 cm³/mol. The van der Waals surface area contributed by atoms with Gasteiger partial charge in [0.2, 0.25) is 11.8 Å². The molecule has 0 bridgehead atoms. The van der Waals surface area contributed by atoms with E-state index >= 15 is 4.39 Å². The monoisotopic (exact) mass is 735 g/mol. The lowest BCUT2D eigenvalue weighted by atomic mass is 9.75. The zero-order valence-corrected chi connectivity index (χ0v) is 30.0. The summed E-state index contributed by atoms with van der Waals surface area (Å²) in [5.41, 5.74) is 7.63. The van der Waals surface area contributed by atoms with Crippen molar-refractivity contribution in [3.8, 4) is 17.6 Å². The van der Waals surface area contributed by atoms with Crippen LogP contribution in [0.5, 0.6) is 11.5 Å². The Morgan fingerprint density at radius 2 is 1.72 bits per heavy atom. The van der Waals surface area contributed by atoms with Gasteiger partial charge in [-0.15, -0.1) is 0 Å². The van der Waals surface area contributed by atoms with Gasteiger partial charge in [0, 0.05) is 24.2 Å². The van der Waals surface area contributed by atoms with E-state index in [1.165, 1.54) is 12.1 Å². The summed E-state index contributed by atoms with van der Waals surface area (Å²) in [7, 11) is 0. The molecule has 1 spiro atoms. The number of nitrogen functional groups attached to an aromatic ring is 1. The minimum atomic E-state index is -0.722. The van der Waals surface area contributed by atoms with Gasteiger partial charge in [0.1, 0.15) is 29.2 Å². The molecule has 3 heterocycles. The second-order valence-corrected chi connectivity index (χ2v) is 15.5. The number of amides is 2. The lowest BCUT2D eigenvalue weighted by Gasteiger charge is -2.45. The largest absolute Gasteiger partial charge is 0.453 e. The highest BCUT2D eigenvalue weighted by atomic mass is 19.1. The molecule has 2 amide bonds. The molecule has 4 fully saturated rings. The molecule has 2 atom stereocenters. The minimum Gasteiger partial charge on any atom is -0.453 e. The molecule has 2 aliphatic heterocycles. The molecule has 2 saturated heterocycles. The van der Waals surface area contributed by atoms with Crippen molar-refractivity contribution in [2.24, 2.45) is 5.41 Å². The van der Waals surface area contributed by atoms with Crippen molar-refractivity contribution < 1.29 is 23.1 Å². The predicted octanol–water partition coefficient (Wildman–Crippen LogP) is 6.67. The highest BCUT2D eigenvalue weighted by Gasteiger charge is 2.43. The molecule has 4 aromatic rings. The zero-order valence-electron chi connectivity index (χ0n) is 30.0. The molecule has 11 nitrogen and oxygen atoms in total. The first-order valence-electron chi connectivity index (χ1n) is 18.9. The molecule has 13 heteroatoms. The number of nitriles is 1. The van der Waals surface area contributed by atoms with Crippen molar-refractivity contribution in [1.29, 1.82) is 5.26 Å². The number of hydrogen-bond donors (Lipinski definition) is 3. The fourth-order valence-corrected chi connectivity index (χ4v) is 9.31. The van der Waals surface area contributed by atoms with E-state index < -0.39 is 11.9 Å². The summed E-state index contributed by atoms with van der Waals surface area (Å²) in [6.07, 6.45) is 11.1.